The number of ether oxygens (including phenoxy) is 1. The third-order valence-electron chi connectivity index (χ3n) is 8.38. The Morgan fingerprint density at radius 2 is 1.83 bits per heavy atom. The lowest BCUT2D eigenvalue weighted by molar-refractivity contribution is -0.161. The van der Waals surface area contributed by atoms with Gasteiger partial charge < -0.3 is 10.1 Å². The van der Waals surface area contributed by atoms with E-state index in [0.29, 0.717) is 17.8 Å². The van der Waals surface area contributed by atoms with Gasteiger partial charge in [-0.15, -0.1) is 0 Å². The van der Waals surface area contributed by atoms with E-state index in [4.69, 9.17) is 4.74 Å². The molecule has 134 valence electrons. The van der Waals surface area contributed by atoms with Gasteiger partial charge in [-0.1, -0.05) is 13.8 Å². The van der Waals surface area contributed by atoms with Crippen molar-refractivity contribution in [3.63, 3.8) is 0 Å². The molecule has 0 aromatic heterocycles. The molecule has 0 spiro atoms. The highest BCUT2D eigenvalue weighted by Gasteiger charge is 2.61. The van der Waals surface area contributed by atoms with Crippen molar-refractivity contribution < 1.29 is 14.3 Å². The van der Waals surface area contributed by atoms with Gasteiger partial charge >= 0.3 is 5.97 Å². The molecule has 24 heavy (non-hydrogen) atoms. The summed E-state index contributed by atoms with van der Waals surface area (Å²) in [5.41, 5.74) is 0.422. The lowest BCUT2D eigenvalue weighted by atomic mass is 9.46. The maximum absolute atomic E-state index is 11.8. The van der Waals surface area contributed by atoms with Crippen molar-refractivity contribution in [3.8, 4) is 0 Å². The molecule has 7 atom stereocenters. The van der Waals surface area contributed by atoms with Crippen LogP contribution in [0.1, 0.15) is 65.7 Å². The standard InChI is InChI=1S/C20H31NO3/c1-12(22)24-17-7-6-15-14-5-4-13-10-18(23)21-11-20(13,3)16(14)8-9-19(15,17)2/h13-17H,4-11H2,1-3H3,(H,21,23)/t13-,14?,15?,16?,17-,19?,20?/m0/s1. The summed E-state index contributed by atoms with van der Waals surface area (Å²) in [5, 5.41) is 3.15. The first kappa shape index (κ1) is 16.4. The van der Waals surface area contributed by atoms with Crippen molar-refractivity contribution in [1.29, 1.82) is 0 Å². The number of rotatable bonds is 1. The number of piperidine rings is 1. The highest BCUT2D eigenvalue weighted by atomic mass is 16.5. The Labute approximate surface area is 145 Å². The lowest BCUT2D eigenvalue weighted by Gasteiger charge is -2.59. The van der Waals surface area contributed by atoms with Gasteiger partial charge in [0.05, 0.1) is 0 Å². The van der Waals surface area contributed by atoms with E-state index in [1.807, 2.05) is 0 Å². The molecule has 4 heteroatoms. The van der Waals surface area contributed by atoms with Crippen molar-refractivity contribution in [2.24, 2.45) is 34.5 Å². The Balaban J connectivity index is 1.58. The molecule has 4 aliphatic rings. The first-order chi connectivity index (χ1) is 11.3. The van der Waals surface area contributed by atoms with E-state index < -0.39 is 0 Å². The summed E-state index contributed by atoms with van der Waals surface area (Å²) < 4.78 is 5.71. The van der Waals surface area contributed by atoms with Gasteiger partial charge in [0.1, 0.15) is 6.10 Å². The summed E-state index contributed by atoms with van der Waals surface area (Å²) in [5.74, 6) is 2.80. The average molecular weight is 333 g/mol. The van der Waals surface area contributed by atoms with E-state index in [0.717, 1.165) is 31.7 Å². The minimum atomic E-state index is -0.130. The van der Waals surface area contributed by atoms with Crippen molar-refractivity contribution in [3.05, 3.63) is 0 Å². The molecule has 4 rings (SSSR count). The van der Waals surface area contributed by atoms with Gasteiger partial charge in [-0.25, -0.2) is 0 Å². The van der Waals surface area contributed by atoms with Crippen LogP contribution in [0.4, 0.5) is 0 Å². The van der Waals surface area contributed by atoms with Crippen LogP contribution in [0, 0.1) is 34.5 Å². The molecule has 1 aliphatic heterocycles. The van der Waals surface area contributed by atoms with Gasteiger partial charge in [-0.3, -0.25) is 9.59 Å². The first-order valence-corrected chi connectivity index (χ1v) is 9.78. The summed E-state index contributed by atoms with van der Waals surface area (Å²) in [6.07, 6.45) is 7.88. The highest BCUT2D eigenvalue weighted by Crippen LogP contribution is 2.64. The Kier molecular flexibility index (Phi) is 3.74. The predicted molar refractivity (Wildman–Crippen MR) is 91.1 cm³/mol. The van der Waals surface area contributed by atoms with E-state index in [-0.39, 0.29) is 28.8 Å². The van der Waals surface area contributed by atoms with Crippen molar-refractivity contribution in [1.82, 2.24) is 5.32 Å². The quantitative estimate of drug-likeness (QED) is 0.749. The number of esters is 1. The topological polar surface area (TPSA) is 55.4 Å². The van der Waals surface area contributed by atoms with Gasteiger partial charge in [-0.05, 0) is 67.6 Å². The number of carbonyl (C=O) groups is 2. The second-order valence-corrected chi connectivity index (χ2v) is 9.36. The molecule has 3 saturated carbocycles. The summed E-state index contributed by atoms with van der Waals surface area (Å²) in [6, 6.07) is 0. The summed E-state index contributed by atoms with van der Waals surface area (Å²) in [6.45, 7) is 7.19. The molecule has 1 heterocycles. The molecule has 3 aliphatic carbocycles. The van der Waals surface area contributed by atoms with Crippen LogP contribution in [0.25, 0.3) is 0 Å². The van der Waals surface area contributed by atoms with Crippen LogP contribution in [-0.4, -0.2) is 24.5 Å². The number of hydrogen-bond acceptors (Lipinski definition) is 3. The Bertz CT molecular complexity index is 561. The normalized spacial score (nSPS) is 50.3. The van der Waals surface area contributed by atoms with Crippen LogP contribution < -0.4 is 5.32 Å². The molecule has 5 unspecified atom stereocenters. The third kappa shape index (κ3) is 2.24. The smallest absolute Gasteiger partial charge is 0.302 e. The zero-order valence-corrected chi connectivity index (χ0v) is 15.3. The van der Waals surface area contributed by atoms with Crippen LogP contribution >= 0.6 is 0 Å². The number of carbonyl (C=O) groups excluding carboxylic acids is 2. The van der Waals surface area contributed by atoms with Crippen molar-refractivity contribution in [2.75, 3.05) is 6.54 Å². The highest BCUT2D eigenvalue weighted by molar-refractivity contribution is 5.77. The SMILES string of the molecule is CC(=O)O[C@H]1CCC2C3CC[C@H]4CC(=O)NCC4(C)C3CCC21C. The van der Waals surface area contributed by atoms with Crippen LogP contribution in [0.5, 0.6) is 0 Å². The van der Waals surface area contributed by atoms with Crippen molar-refractivity contribution in [2.45, 2.75) is 71.8 Å². The van der Waals surface area contributed by atoms with Crippen LogP contribution in [0.2, 0.25) is 0 Å². The minimum Gasteiger partial charge on any atom is -0.462 e. The monoisotopic (exact) mass is 333 g/mol. The molecule has 0 radical (unpaired) electrons. The van der Waals surface area contributed by atoms with Crippen LogP contribution in [0.15, 0.2) is 0 Å². The predicted octanol–water partition coefficient (Wildman–Crippen LogP) is 3.30. The minimum absolute atomic E-state index is 0.109. The maximum atomic E-state index is 11.8. The fourth-order valence-electron chi connectivity index (χ4n) is 7.08. The van der Waals surface area contributed by atoms with Crippen LogP contribution in [-0.2, 0) is 14.3 Å². The molecule has 4 nitrogen and oxygen atoms in total. The van der Waals surface area contributed by atoms with Gasteiger partial charge in [-0.2, -0.15) is 0 Å². The van der Waals surface area contributed by atoms with E-state index in [1.54, 1.807) is 6.92 Å². The average Bonchev–Trinajstić information content (AvgIpc) is 2.84. The third-order valence-corrected chi connectivity index (χ3v) is 8.38. The molecule has 0 bridgehead atoms. The largest absolute Gasteiger partial charge is 0.462 e. The van der Waals surface area contributed by atoms with Gasteiger partial charge in [0.25, 0.3) is 0 Å². The molecule has 4 fully saturated rings. The van der Waals surface area contributed by atoms with Gasteiger partial charge in [0.15, 0.2) is 0 Å². The first-order valence-electron chi connectivity index (χ1n) is 9.78. The zero-order chi connectivity index (χ0) is 17.1. The zero-order valence-electron chi connectivity index (χ0n) is 15.3. The van der Waals surface area contributed by atoms with E-state index >= 15 is 0 Å². The molecule has 0 aromatic rings. The second kappa shape index (κ2) is 5.47. The van der Waals surface area contributed by atoms with Gasteiger partial charge in [0, 0.05) is 25.3 Å². The molecule has 1 N–H and O–H groups in total. The molecular formula is C20H31NO3. The van der Waals surface area contributed by atoms with Crippen LogP contribution in [0.3, 0.4) is 0 Å². The number of fused-ring (bicyclic) bond motifs is 5. The van der Waals surface area contributed by atoms with E-state index in [1.165, 1.54) is 25.7 Å². The lowest BCUT2D eigenvalue weighted by Crippen LogP contribution is -2.59. The Morgan fingerprint density at radius 3 is 2.58 bits per heavy atom. The number of amides is 1. The molecule has 1 amide bonds. The van der Waals surface area contributed by atoms with Crippen molar-refractivity contribution >= 4 is 11.9 Å². The Hall–Kier alpha value is -1.06. The number of hydrogen-bond donors (Lipinski definition) is 1. The second-order valence-electron chi connectivity index (χ2n) is 9.36. The fourth-order valence-corrected chi connectivity index (χ4v) is 7.08. The Morgan fingerprint density at radius 1 is 1.08 bits per heavy atom. The summed E-state index contributed by atoms with van der Waals surface area (Å²) in [7, 11) is 0. The molecule has 1 saturated heterocycles. The fraction of sp³-hybridized carbons (Fsp3) is 0.900. The summed E-state index contributed by atoms with van der Waals surface area (Å²) in [4.78, 5) is 23.3. The molecular weight excluding hydrogens is 302 g/mol. The van der Waals surface area contributed by atoms with Gasteiger partial charge in [0.2, 0.25) is 5.91 Å². The van der Waals surface area contributed by atoms with E-state index in [9.17, 15) is 9.59 Å². The summed E-state index contributed by atoms with van der Waals surface area (Å²) >= 11 is 0. The maximum Gasteiger partial charge on any atom is 0.302 e. The van der Waals surface area contributed by atoms with E-state index in [2.05, 4.69) is 19.2 Å². The molecule has 0 aromatic carbocycles. The number of nitrogens with one attached hydrogen (secondary N) is 1.